The fourth-order valence-electron chi connectivity index (χ4n) is 9.63. The number of ether oxygens (including phenoxy) is 2. The summed E-state index contributed by atoms with van der Waals surface area (Å²) < 4.78 is 12.1. The Morgan fingerprint density at radius 1 is 0.466 bits per heavy atom. The third-order valence-electron chi connectivity index (χ3n) is 13.3. The number of benzene rings is 4. The second-order valence-corrected chi connectivity index (χ2v) is 17.2. The van der Waals surface area contributed by atoms with Crippen molar-refractivity contribution in [1.29, 1.82) is 0 Å². The molecular weight excluding hydrogens is 725 g/mol. The quantitative estimate of drug-likeness (QED) is 0.0446. The zero-order valence-corrected chi connectivity index (χ0v) is 34.7. The van der Waals surface area contributed by atoms with Crippen LogP contribution in [-0.4, -0.2) is 9.85 Å². The lowest BCUT2D eigenvalue weighted by Crippen LogP contribution is -2.33. The molecule has 0 saturated heterocycles. The van der Waals surface area contributed by atoms with E-state index in [4.69, 9.17) is 9.47 Å². The van der Waals surface area contributed by atoms with Crippen LogP contribution in [0.15, 0.2) is 97.1 Å². The topological polar surface area (TPSA) is 105 Å². The van der Waals surface area contributed by atoms with E-state index in [0.29, 0.717) is 23.0 Å². The lowest BCUT2D eigenvalue weighted by atomic mass is 9.62. The van der Waals surface area contributed by atoms with Crippen molar-refractivity contribution in [2.75, 3.05) is 0 Å². The van der Waals surface area contributed by atoms with E-state index in [9.17, 15) is 20.2 Å². The highest BCUT2D eigenvalue weighted by Gasteiger charge is 2.38. The molecule has 4 aromatic rings. The van der Waals surface area contributed by atoms with Crippen molar-refractivity contribution in [3.8, 4) is 23.0 Å². The van der Waals surface area contributed by atoms with Crippen LogP contribution in [0.2, 0.25) is 0 Å². The Labute approximate surface area is 346 Å². The maximum absolute atomic E-state index is 11.1. The van der Waals surface area contributed by atoms with Crippen LogP contribution in [0.5, 0.6) is 23.0 Å². The van der Waals surface area contributed by atoms with Gasteiger partial charge in [0.15, 0.2) is 0 Å². The zero-order chi connectivity index (χ0) is 40.6. The van der Waals surface area contributed by atoms with Crippen LogP contribution in [0.1, 0.15) is 153 Å². The van der Waals surface area contributed by atoms with Gasteiger partial charge in [-0.2, -0.15) is 0 Å². The maximum atomic E-state index is 11.1. The highest BCUT2D eigenvalue weighted by atomic mass is 16.6. The summed E-state index contributed by atoms with van der Waals surface area (Å²) in [5, 5.41) is 22.2. The van der Waals surface area contributed by atoms with E-state index in [1.54, 1.807) is 24.3 Å². The first kappa shape index (κ1) is 42.9. The second-order valence-electron chi connectivity index (χ2n) is 17.2. The molecule has 0 heterocycles. The Morgan fingerprint density at radius 3 is 1.17 bits per heavy atom. The highest BCUT2D eigenvalue weighted by molar-refractivity contribution is 5.46. The van der Waals surface area contributed by atoms with Gasteiger partial charge in [-0.05, 0) is 103 Å². The highest BCUT2D eigenvalue weighted by Crippen LogP contribution is 2.49. The molecule has 2 fully saturated rings. The van der Waals surface area contributed by atoms with Gasteiger partial charge in [0, 0.05) is 29.7 Å². The molecule has 0 aromatic heterocycles. The summed E-state index contributed by atoms with van der Waals surface area (Å²) in [7, 11) is 0. The number of rotatable bonds is 22. The molecule has 310 valence electrons. The molecule has 0 unspecified atom stereocenters. The van der Waals surface area contributed by atoms with Crippen LogP contribution in [0, 0.1) is 38.0 Å². The van der Waals surface area contributed by atoms with E-state index in [1.807, 2.05) is 24.3 Å². The summed E-state index contributed by atoms with van der Waals surface area (Å²) in [5.74, 6) is 5.07. The number of unbranched alkanes of at least 4 members (excludes halogenated alkanes) is 9. The molecule has 0 aliphatic heterocycles. The maximum Gasteiger partial charge on any atom is 0.269 e. The van der Waals surface area contributed by atoms with Crippen molar-refractivity contribution in [1.82, 2.24) is 0 Å². The van der Waals surface area contributed by atoms with Crippen LogP contribution in [0.4, 0.5) is 11.4 Å². The van der Waals surface area contributed by atoms with Crippen LogP contribution in [-0.2, 0) is 5.41 Å². The molecule has 0 bridgehead atoms. The standard InChI is InChI=1S/C50H64N2O6/c1-2-3-4-5-6-7-8-9-10-11-12-39-13-15-40(16-14-39)17-18-41-35-37-50(38-36-41,42-19-27-46(28-20-42)57-48-31-23-44(24-32-48)51(53)54)43-21-29-47(30-22-43)58-49-33-25-45(26-34-49)52(55)56/h19-34,39-41H,2-18,35-38H2,1H3/t39-,40-. The summed E-state index contributed by atoms with van der Waals surface area (Å²) in [4.78, 5) is 21.4. The summed E-state index contributed by atoms with van der Waals surface area (Å²) in [6.07, 6.45) is 28.5. The van der Waals surface area contributed by atoms with Gasteiger partial charge < -0.3 is 9.47 Å². The predicted octanol–water partition coefficient (Wildman–Crippen LogP) is 15.5. The molecule has 0 N–H and O–H groups in total. The number of hydrogen-bond donors (Lipinski definition) is 0. The molecule has 0 radical (unpaired) electrons. The van der Waals surface area contributed by atoms with Crippen molar-refractivity contribution in [3.63, 3.8) is 0 Å². The van der Waals surface area contributed by atoms with Gasteiger partial charge in [0.2, 0.25) is 0 Å². The van der Waals surface area contributed by atoms with Gasteiger partial charge in [-0.15, -0.1) is 0 Å². The second kappa shape index (κ2) is 21.9. The third kappa shape index (κ3) is 12.4. The van der Waals surface area contributed by atoms with E-state index in [1.165, 1.54) is 157 Å². The van der Waals surface area contributed by atoms with Gasteiger partial charge >= 0.3 is 0 Å². The first-order chi connectivity index (χ1) is 28.3. The Bertz CT molecular complexity index is 1720. The Balaban J connectivity index is 1.02. The largest absolute Gasteiger partial charge is 0.457 e. The number of nitrogens with zero attached hydrogens (tertiary/aromatic N) is 2. The van der Waals surface area contributed by atoms with Crippen molar-refractivity contribution in [2.24, 2.45) is 17.8 Å². The third-order valence-corrected chi connectivity index (χ3v) is 13.3. The minimum absolute atomic E-state index is 0.0339. The van der Waals surface area contributed by atoms with E-state index in [-0.39, 0.29) is 16.8 Å². The van der Waals surface area contributed by atoms with Crippen LogP contribution in [0.3, 0.4) is 0 Å². The lowest BCUT2D eigenvalue weighted by molar-refractivity contribution is -0.385. The van der Waals surface area contributed by atoms with Crippen molar-refractivity contribution < 1.29 is 19.3 Å². The molecular formula is C50H64N2O6. The van der Waals surface area contributed by atoms with Gasteiger partial charge in [0.25, 0.3) is 11.4 Å². The number of hydrogen-bond acceptors (Lipinski definition) is 6. The molecule has 2 aliphatic rings. The molecule has 6 rings (SSSR count). The summed E-state index contributed by atoms with van der Waals surface area (Å²) >= 11 is 0. The average Bonchev–Trinajstić information content (AvgIpc) is 3.25. The number of nitro groups is 2. The van der Waals surface area contributed by atoms with Gasteiger partial charge in [0.1, 0.15) is 23.0 Å². The minimum atomic E-state index is -0.411. The van der Waals surface area contributed by atoms with Crippen LogP contribution < -0.4 is 9.47 Å². The van der Waals surface area contributed by atoms with Crippen molar-refractivity contribution in [2.45, 2.75) is 147 Å². The van der Waals surface area contributed by atoms with Gasteiger partial charge in [0.05, 0.1) is 9.85 Å². The van der Waals surface area contributed by atoms with Crippen LogP contribution in [0.25, 0.3) is 0 Å². The van der Waals surface area contributed by atoms with Crippen molar-refractivity contribution >= 4 is 11.4 Å². The van der Waals surface area contributed by atoms with E-state index >= 15 is 0 Å². The lowest BCUT2D eigenvalue weighted by Gasteiger charge is -2.42. The predicted molar refractivity (Wildman–Crippen MR) is 233 cm³/mol. The molecule has 4 aromatic carbocycles. The van der Waals surface area contributed by atoms with E-state index in [2.05, 4.69) is 31.2 Å². The monoisotopic (exact) mass is 788 g/mol. The normalized spacial score (nSPS) is 18.1. The smallest absolute Gasteiger partial charge is 0.269 e. The molecule has 2 aliphatic carbocycles. The fraction of sp³-hybridized carbons (Fsp3) is 0.520. The number of nitro benzene ring substituents is 2. The van der Waals surface area contributed by atoms with E-state index in [0.717, 1.165) is 30.6 Å². The zero-order valence-electron chi connectivity index (χ0n) is 34.7. The van der Waals surface area contributed by atoms with Crippen molar-refractivity contribution in [3.05, 3.63) is 128 Å². The summed E-state index contributed by atoms with van der Waals surface area (Å²) in [5.41, 5.74) is 2.43. The SMILES string of the molecule is CCCCCCCCCCCC[C@H]1CC[C@H](CCC2CCC(c3ccc(Oc4ccc([N+](=O)[O-])cc4)cc3)(c3ccc(Oc4ccc([N+](=O)[O-])cc4)cc3)CC2)CC1. The van der Waals surface area contributed by atoms with Gasteiger partial charge in [-0.3, -0.25) is 20.2 Å². The molecule has 8 nitrogen and oxygen atoms in total. The van der Waals surface area contributed by atoms with E-state index < -0.39 is 9.85 Å². The average molecular weight is 789 g/mol. The minimum Gasteiger partial charge on any atom is -0.457 e. The van der Waals surface area contributed by atoms with Crippen LogP contribution >= 0.6 is 0 Å². The molecule has 58 heavy (non-hydrogen) atoms. The Kier molecular flexibility index (Phi) is 16.2. The Hall–Kier alpha value is -4.72. The Morgan fingerprint density at radius 2 is 0.793 bits per heavy atom. The number of non-ortho nitro benzene ring substituents is 2. The van der Waals surface area contributed by atoms with Gasteiger partial charge in [-0.25, -0.2) is 0 Å². The summed E-state index contributed by atoms with van der Waals surface area (Å²) in [6, 6.07) is 29.0. The molecule has 0 spiro atoms. The van der Waals surface area contributed by atoms with Gasteiger partial charge in [-0.1, -0.05) is 140 Å². The first-order valence-electron chi connectivity index (χ1n) is 22.4. The fourth-order valence-corrected chi connectivity index (χ4v) is 9.63. The molecule has 8 heteroatoms. The first-order valence-corrected chi connectivity index (χ1v) is 22.4. The molecule has 0 amide bonds. The summed E-state index contributed by atoms with van der Waals surface area (Å²) in [6.45, 7) is 2.29. The molecule has 0 atom stereocenters. The molecule has 2 saturated carbocycles.